The van der Waals surface area contributed by atoms with Gasteiger partial charge in [0.1, 0.15) is 23.2 Å². The Balaban J connectivity index is 1.50. The topological polar surface area (TPSA) is 103 Å². The predicted molar refractivity (Wildman–Crippen MR) is 129 cm³/mol. The Kier molecular flexibility index (Phi) is 5.81. The van der Waals surface area contributed by atoms with Gasteiger partial charge in [0.05, 0.1) is 16.8 Å². The Morgan fingerprint density at radius 1 is 1.00 bits per heavy atom. The molecule has 0 radical (unpaired) electrons. The van der Waals surface area contributed by atoms with E-state index in [0.29, 0.717) is 28.0 Å². The van der Waals surface area contributed by atoms with Gasteiger partial charge in [-0.3, -0.25) is 4.57 Å². The third-order valence-corrected chi connectivity index (χ3v) is 6.05. The minimum absolute atomic E-state index is 0.0554. The molecule has 0 aliphatic rings. The highest BCUT2D eigenvalue weighted by molar-refractivity contribution is 7.99. The number of aromatic nitrogens is 5. The Morgan fingerprint density at radius 2 is 1.74 bits per heavy atom. The first kappa shape index (κ1) is 21.4. The SMILES string of the molecule is N#CC(=C(O)CSc1nnc(-c2ccccc2)n1-c1ccc(F)cc1)c1nc2ccccc2[nH]1. The van der Waals surface area contributed by atoms with Gasteiger partial charge in [-0.2, -0.15) is 5.26 Å². The Hall–Kier alpha value is -4.42. The van der Waals surface area contributed by atoms with Gasteiger partial charge in [-0.1, -0.05) is 54.2 Å². The highest BCUT2D eigenvalue weighted by Crippen LogP contribution is 2.30. The number of hydrogen-bond donors (Lipinski definition) is 2. The standard InChI is InChI=1S/C25H17FN6OS/c26-17-10-12-18(13-11-17)32-24(16-6-2-1-3-7-16)30-31-25(32)34-15-22(33)19(14-27)23-28-20-8-4-5-9-21(20)29-23/h1-13,33H,15H2,(H,28,29). The van der Waals surface area contributed by atoms with E-state index in [1.54, 1.807) is 16.7 Å². The lowest BCUT2D eigenvalue weighted by Crippen LogP contribution is -2.01. The summed E-state index contributed by atoms with van der Waals surface area (Å²) in [5.74, 6) is 0.454. The number of H-pyrrole nitrogens is 1. The first-order chi connectivity index (χ1) is 16.6. The summed E-state index contributed by atoms with van der Waals surface area (Å²) in [6.45, 7) is 0. The molecule has 5 rings (SSSR count). The van der Waals surface area contributed by atoms with Crippen LogP contribution in [0.15, 0.2) is 89.8 Å². The van der Waals surface area contributed by atoms with E-state index in [2.05, 4.69) is 20.2 Å². The number of nitrogens with zero attached hydrogens (tertiary/aromatic N) is 5. The number of nitriles is 1. The number of halogens is 1. The van der Waals surface area contributed by atoms with Gasteiger partial charge in [0, 0.05) is 11.3 Å². The minimum atomic E-state index is -0.350. The second kappa shape index (κ2) is 9.21. The molecular formula is C25H17FN6OS. The fourth-order valence-electron chi connectivity index (χ4n) is 3.49. The fraction of sp³-hybridized carbons (Fsp3) is 0.0400. The van der Waals surface area contributed by atoms with E-state index in [9.17, 15) is 14.8 Å². The van der Waals surface area contributed by atoms with Crippen molar-refractivity contribution in [2.45, 2.75) is 5.16 Å². The zero-order chi connectivity index (χ0) is 23.5. The molecule has 2 heterocycles. The maximum absolute atomic E-state index is 13.5. The number of aromatic amines is 1. The van der Waals surface area contributed by atoms with Crippen molar-refractivity contribution in [3.05, 3.63) is 96.3 Å². The van der Waals surface area contributed by atoms with Crippen LogP contribution in [0.25, 0.3) is 33.7 Å². The van der Waals surface area contributed by atoms with Crippen LogP contribution in [0.3, 0.4) is 0 Å². The Morgan fingerprint density at radius 3 is 2.47 bits per heavy atom. The quantitative estimate of drug-likeness (QED) is 0.193. The summed E-state index contributed by atoms with van der Waals surface area (Å²) in [6.07, 6.45) is 0. The average molecular weight is 469 g/mol. The van der Waals surface area contributed by atoms with Gasteiger partial charge in [0.25, 0.3) is 0 Å². The highest BCUT2D eigenvalue weighted by atomic mass is 32.2. The minimum Gasteiger partial charge on any atom is -0.510 e. The maximum atomic E-state index is 13.5. The van der Waals surface area contributed by atoms with Gasteiger partial charge in [-0.15, -0.1) is 10.2 Å². The molecule has 0 saturated carbocycles. The molecule has 0 fully saturated rings. The molecule has 7 nitrogen and oxygen atoms in total. The van der Waals surface area contributed by atoms with Gasteiger partial charge >= 0.3 is 0 Å². The number of thioether (sulfide) groups is 1. The lowest BCUT2D eigenvalue weighted by atomic mass is 10.2. The van der Waals surface area contributed by atoms with Crippen molar-refractivity contribution in [2.24, 2.45) is 0 Å². The third-order valence-electron chi connectivity index (χ3n) is 5.11. The van der Waals surface area contributed by atoms with Gasteiger partial charge in [-0.05, 0) is 36.4 Å². The number of aliphatic hydroxyl groups excluding tert-OH is 1. The van der Waals surface area contributed by atoms with Crippen LogP contribution in [0.2, 0.25) is 0 Å². The molecule has 34 heavy (non-hydrogen) atoms. The number of fused-ring (bicyclic) bond motifs is 1. The smallest absolute Gasteiger partial charge is 0.196 e. The van der Waals surface area contributed by atoms with Crippen LogP contribution in [-0.4, -0.2) is 35.6 Å². The first-order valence-corrected chi connectivity index (χ1v) is 11.3. The lowest BCUT2D eigenvalue weighted by molar-refractivity contribution is 0.420. The molecule has 0 atom stereocenters. The van der Waals surface area contributed by atoms with Gasteiger partial charge in [-0.25, -0.2) is 9.37 Å². The van der Waals surface area contributed by atoms with Crippen LogP contribution in [0, 0.1) is 17.1 Å². The van der Waals surface area contributed by atoms with Crippen molar-refractivity contribution >= 4 is 28.4 Å². The van der Waals surface area contributed by atoms with Crippen LogP contribution >= 0.6 is 11.8 Å². The Labute approximate surface area is 198 Å². The van der Waals surface area contributed by atoms with E-state index >= 15 is 0 Å². The summed E-state index contributed by atoms with van der Waals surface area (Å²) in [5.41, 5.74) is 3.04. The van der Waals surface area contributed by atoms with E-state index in [1.165, 1.54) is 23.9 Å². The van der Waals surface area contributed by atoms with Crippen molar-refractivity contribution in [3.8, 4) is 23.1 Å². The largest absolute Gasteiger partial charge is 0.510 e. The molecular weight excluding hydrogens is 451 g/mol. The van der Waals surface area contributed by atoms with Gasteiger partial charge < -0.3 is 10.1 Å². The number of allylic oxidation sites excluding steroid dienone is 1. The molecule has 0 bridgehead atoms. The fourth-order valence-corrected chi connectivity index (χ4v) is 4.32. The summed E-state index contributed by atoms with van der Waals surface area (Å²) in [4.78, 5) is 7.47. The van der Waals surface area contributed by atoms with Crippen LogP contribution in [0.4, 0.5) is 4.39 Å². The second-order valence-corrected chi connectivity index (χ2v) is 8.25. The Bertz CT molecular complexity index is 1500. The molecule has 0 saturated heterocycles. The maximum Gasteiger partial charge on any atom is 0.196 e. The van der Waals surface area contributed by atoms with E-state index in [-0.39, 0.29) is 22.9 Å². The predicted octanol–water partition coefficient (Wildman–Crippen LogP) is 5.53. The van der Waals surface area contributed by atoms with E-state index < -0.39 is 0 Å². The number of nitrogens with one attached hydrogen (secondary N) is 1. The first-order valence-electron chi connectivity index (χ1n) is 10.3. The van der Waals surface area contributed by atoms with Crippen LogP contribution < -0.4 is 0 Å². The summed E-state index contributed by atoms with van der Waals surface area (Å²) in [6, 6.07) is 25.0. The number of hydrogen-bond acceptors (Lipinski definition) is 6. The van der Waals surface area contributed by atoms with Crippen LogP contribution in [-0.2, 0) is 0 Å². The number of aliphatic hydroxyl groups is 1. The summed E-state index contributed by atoms with van der Waals surface area (Å²) < 4.78 is 15.3. The molecule has 0 spiro atoms. The zero-order valence-electron chi connectivity index (χ0n) is 17.7. The van der Waals surface area contributed by atoms with Crippen molar-refractivity contribution in [1.29, 1.82) is 5.26 Å². The number of imidazole rings is 1. The summed E-state index contributed by atoms with van der Waals surface area (Å²) in [7, 11) is 0. The molecule has 2 N–H and O–H groups in total. The van der Waals surface area contributed by atoms with Crippen molar-refractivity contribution in [1.82, 2.24) is 24.7 Å². The molecule has 0 aliphatic carbocycles. The average Bonchev–Trinajstić information content (AvgIpc) is 3.48. The van der Waals surface area contributed by atoms with Crippen molar-refractivity contribution < 1.29 is 9.50 Å². The van der Waals surface area contributed by atoms with Gasteiger partial charge in [0.15, 0.2) is 16.8 Å². The second-order valence-electron chi connectivity index (χ2n) is 7.31. The summed E-state index contributed by atoms with van der Waals surface area (Å²) >= 11 is 1.21. The molecule has 2 aromatic heterocycles. The molecule has 9 heteroatoms. The van der Waals surface area contributed by atoms with Crippen molar-refractivity contribution in [3.63, 3.8) is 0 Å². The molecule has 0 amide bonds. The van der Waals surface area contributed by atoms with E-state index in [4.69, 9.17) is 0 Å². The van der Waals surface area contributed by atoms with Crippen LogP contribution in [0.5, 0.6) is 0 Å². The van der Waals surface area contributed by atoms with Crippen molar-refractivity contribution in [2.75, 3.05) is 5.75 Å². The zero-order valence-corrected chi connectivity index (χ0v) is 18.5. The lowest BCUT2D eigenvalue weighted by Gasteiger charge is -2.10. The third kappa shape index (κ3) is 4.14. The van der Waals surface area contributed by atoms with Crippen LogP contribution in [0.1, 0.15) is 5.82 Å². The molecule has 3 aromatic carbocycles. The highest BCUT2D eigenvalue weighted by Gasteiger charge is 2.19. The molecule has 5 aromatic rings. The molecule has 0 unspecified atom stereocenters. The van der Waals surface area contributed by atoms with E-state index in [0.717, 1.165) is 11.1 Å². The number of benzene rings is 3. The van der Waals surface area contributed by atoms with E-state index in [1.807, 2.05) is 60.7 Å². The number of rotatable bonds is 6. The molecule has 0 aliphatic heterocycles. The molecule has 166 valence electrons. The van der Waals surface area contributed by atoms with Gasteiger partial charge in [0.2, 0.25) is 0 Å². The monoisotopic (exact) mass is 468 g/mol. The normalized spacial score (nSPS) is 11.9. The number of para-hydroxylation sites is 2. The summed E-state index contributed by atoms with van der Waals surface area (Å²) in [5, 5.41) is 29.5.